The Balaban J connectivity index is 2.61. The molecule has 86 valence electrons. The molecule has 1 aliphatic rings. The van der Waals surface area contributed by atoms with Gasteiger partial charge in [0, 0.05) is 0 Å². The molecule has 0 aromatic rings. The highest BCUT2D eigenvalue weighted by Gasteiger charge is 2.37. The number of alkyl halides is 3. The summed E-state index contributed by atoms with van der Waals surface area (Å²) in [6, 6.07) is 0. The lowest BCUT2D eigenvalue weighted by atomic mass is 10.0. The van der Waals surface area contributed by atoms with Gasteiger partial charge >= 0.3 is 6.18 Å². The molecule has 1 aliphatic carbocycles. The lowest BCUT2D eigenvalue weighted by Gasteiger charge is -2.19. The predicted molar refractivity (Wildman–Crippen MR) is 52.3 cm³/mol. The van der Waals surface area contributed by atoms with E-state index in [0.29, 0.717) is 19.4 Å². The Morgan fingerprint density at radius 3 is 2.53 bits per heavy atom. The van der Waals surface area contributed by atoms with Crippen LogP contribution in [0.3, 0.4) is 0 Å². The normalized spacial score (nSPS) is 17.1. The maximum absolute atomic E-state index is 12.5. The number of hydrogen-bond acceptors (Lipinski definition) is 1. The molecule has 0 aromatic carbocycles. The average Bonchev–Trinajstić information content (AvgIpc) is 2.17. The molecule has 0 fully saturated rings. The summed E-state index contributed by atoms with van der Waals surface area (Å²) in [5.41, 5.74) is -0.621. The molecule has 0 aromatic heterocycles. The zero-order valence-corrected chi connectivity index (χ0v) is 8.73. The van der Waals surface area contributed by atoms with E-state index in [0.717, 1.165) is 12.8 Å². The van der Waals surface area contributed by atoms with Crippen LogP contribution in [0.15, 0.2) is 23.5 Å². The van der Waals surface area contributed by atoms with Gasteiger partial charge in [0.1, 0.15) is 5.76 Å². The minimum Gasteiger partial charge on any atom is -0.493 e. The maximum atomic E-state index is 12.5. The summed E-state index contributed by atoms with van der Waals surface area (Å²) in [7, 11) is 0. The Hall–Kier alpha value is -0.930. The Morgan fingerprint density at radius 2 is 1.93 bits per heavy atom. The molecule has 0 bridgehead atoms. The Labute approximate surface area is 87.6 Å². The molecule has 0 heterocycles. The largest absolute Gasteiger partial charge is 0.493 e. The van der Waals surface area contributed by atoms with Crippen molar-refractivity contribution in [1.29, 1.82) is 0 Å². The molecule has 0 radical (unpaired) electrons. The molecule has 1 nitrogen and oxygen atoms in total. The summed E-state index contributed by atoms with van der Waals surface area (Å²) in [5.74, 6) is 0.00204. The lowest BCUT2D eigenvalue weighted by Crippen LogP contribution is -2.17. The molecular formula is C11H15F3O. The van der Waals surface area contributed by atoms with Crippen molar-refractivity contribution in [2.24, 2.45) is 0 Å². The summed E-state index contributed by atoms with van der Waals surface area (Å²) >= 11 is 0. The van der Waals surface area contributed by atoms with Crippen LogP contribution in [0, 0.1) is 0 Å². The van der Waals surface area contributed by atoms with Gasteiger partial charge in [-0.2, -0.15) is 13.2 Å². The number of rotatable bonds is 4. The zero-order chi connectivity index (χ0) is 11.3. The summed E-state index contributed by atoms with van der Waals surface area (Å²) in [6.45, 7) is 2.33. The van der Waals surface area contributed by atoms with E-state index in [2.05, 4.69) is 0 Å². The van der Waals surface area contributed by atoms with Crippen LogP contribution in [-0.4, -0.2) is 12.8 Å². The number of hydrogen-bond donors (Lipinski definition) is 0. The molecule has 0 atom stereocenters. The second kappa shape index (κ2) is 5.24. The average molecular weight is 220 g/mol. The first-order chi connectivity index (χ1) is 7.05. The number of halogens is 3. The van der Waals surface area contributed by atoms with Crippen LogP contribution >= 0.6 is 0 Å². The topological polar surface area (TPSA) is 9.23 Å². The number of allylic oxidation sites excluding steroid dienone is 3. The fourth-order valence-electron chi connectivity index (χ4n) is 1.37. The molecule has 0 aliphatic heterocycles. The smallest absolute Gasteiger partial charge is 0.419 e. The third kappa shape index (κ3) is 3.61. The highest BCUT2D eigenvalue weighted by atomic mass is 19.4. The predicted octanol–water partition coefficient (Wildman–Crippen LogP) is 3.97. The molecule has 0 N–H and O–H groups in total. The van der Waals surface area contributed by atoms with Crippen molar-refractivity contribution >= 4 is 0 Å². The van der Waals surface area contributed by atoms with E-state index in [9.17, 15) is 13.2 Å². The monoisotopic (exact) mass is 220 g/mol. The van der Waals surface area contributed by atoms with Gasteiger partial charge in [-0.1, -0.05) is 19.4 Å². The molecular weight excluding hydrogens is 205 g/mol. The van der Waals surface area contributed by atoms with E-state index >= 15 is 0 Å². The van der Waals surface area contributed by atoms with Gasteiger partial charge in [-0.15, -0.1) is 0 Å². The van der Waals surface area contributed by atoms with Gasteiger partial charge in [0.2, 0.25) is 0 Å². The van der Waals surface area contributed by atoms with E-state index in [1.54, 1.807) is 0 Å². The first-order valence-electron chi connectivity index (χ1n) is 5.16. The number of unbranched alkanes of at least 4 members (excludes halogenated alkanes) is 1. The quantitative estimate of drug-likeness (QED) is 0.651. The third-order valence-corrected chi connectivity index (χ3v) is 2.17. The van der Waals surface area contributed by atoms with Gasteiger partial charge < -0.3 is 4.74 Å². The van der Waals surface area contributed by atoms with Crippen molar-refractivity contribution in [3.63, 3.8) is 0 Å². The van der Waals surface area contributed by atoms with Crippen molar-refractivity contribution < 1.29 is 17.9 Å². The highest BCUT2D eigenvalue weighted by Crippen LogP contribution is 2.34. The minimum atomic E-state index is -4.29. The van der Waals surface area contributed by atoms with Gasteiger partial charge in [-0.25, -0.2) is 0 Å². The molecule has 0 unspecified atom stereocenters. The van der Waals surface area contributed by atoms with Crippen LogP contribution in [0.4, 0.5) is 13.2 Å². The molecule has 0 saturated carbocycles. The van der Waals surface area contributed by atoms with Crippen LogP contribution in [0.2, 0.25) is 0 Å². The molecule has 15 heavy (non-hydrogen) atoms. The molecule has 0 amide bonds. The summed E-state index contributed by atoms with van der Waals surface area (Å²) in [6.07, 6.45) is 1.20. The van der Waals surface area contributed by atoms with Crippen molar-refractivity contribution in [1.82, 2.24) is 0 Å². The van der Waals surface area contributed by atoms with Gasteiger partial charge in [-0.3, -0.25) is 0 Å². The zero-order valence-electron chi connectivity index (χ0n) is 8.73. The van der Waals surface area contributed by atoms with E-state index < -0.39 is 11.7 Å². The highest BCUT2D eigenvalue weighted by molar-refractivity contribution is 5.32. The van der Waals surface area contributed by atoms with Crippen molar-refractivity contribution in [2.45, 2.75) is 38.8 Å². The summed E-state index contributed by atoms with van der Waals surface area (Å²) < 4.78 is 42.7. The van der Waals surface area contributed by atoms with E-state index in [-0.39, 0.29) is 5.76 Å². The van der Waals surface area contributed by atoms with Crippen molar-refractivity contribution in [3.05, 3.63) is 23.5 Å². The van der Waals surface area contributed by atoms with E-state index in [1.165, 1.54) is 12.2 Å². The van der Waals surface area contributed by atoms with Gasteiger partial charge in [0.15, 0.2) is 0 Å². The Morgan fingerprint density at radius 1 is 1.27 bits per heavy atom. The first kappa shape index (κ1) is 12.1. The van der Waals surface area contributed by atoms with Crippen LogP contribution in [0.25, 0.3) is 0 Å². The van der Waals surface area contributed by atoms with E-state index in [4.69, 9.17) is 4.74 Å². The minimum absolute atomic E-state index is 0.00204. The lowest BCUT2D eigenvalue weighted by molar-refractivity contribution is -0.0945. The van der Waals surface area contributed by atoms with Gasteiger partial charge in [0.05, 0.1) is 12.2 Å². The van der Waals surface area contributed by atoms with Crippen molar-refractivity contribution in [2.75, 3.05) is 6.61 Å². The first-order valence-corrected chi connectivity index (χ1v) is 5.16. The Kier molecular flexibility index (Phi) is 4.24. The summed E-state index contributed by atoms with van der Waals surface area (Å²) in [5, 5.41) is 0. The second-order valence-electron chi connectivity index (χ2n) is 3.46. The van der Waals surface area contributed by atoms with Gasteiger partial charge in [-0.05, 0) is 25.3 Å². The molecule has 4 heteroatoms. The fourth-order valence-corrected chi connectivity index (χ4v) is 1.37. The van der Waals surface area contributed by atoms with Crippen LogP contribution in [0.5, 0.6) is 0 Å². The van der Waals surface area contributed by atoms with Crippen molar-refractivity contribution in [3.8, 4) is 0 Å². The van der Waals surface area contributed by atoms with Crippen LogP contribution in [-0.2, 0) is 4.74 Å². The molecule has 0 saturated heterocycles. The second-order valence-corrected chi connectivity index (χ2v) is 3.46. The number of ether oxygens (including phenoxy) is 1. The SMILES string of the molecule is CCCCOC1=CCCC=C1C(F)(F)F. The maximum Gasteiger partial charge on any atom is 0.419 e. The third-order valence-electron chi connectivity index (χ3n) is 2.17. The molecule has 1 rings (SSSR count). The summed E-state index contributed by atoms with van der Waals surface area (Å²) in [4.78, 5) is 0. The van der Waals surface area contributed by atoms with Gasteiger partial charge in [0.25, 0.3) is 0 Å². The van der Waals surface area contributed by atoms with Crippen LogP contribution in [0.1, 0.15) is 32.6 Å². The fraction of sp³-hybridized carbons (Fsp3) is 0.636. The van der Waals surface area contributed by atoms with Crippen LogP contribution < -0.4 is 0 Å². The molecule has 0 spiro atoms. The standard InChI is InChI=1S/C11H15F3O/c1-2-3-8-15-10-7-5-4-6-9(10)11(12,13)14/h6-7H,2-5,8H2,1H3. The van der Waals surface area contributed by atoms with E-state index in [1.807, 2.05) is 6.92 Å². The Bertz CT molecular complexity index is 263.